The lowest BCUT2D eigenvalue weighted by Gasteiger charge is -2.09. The molecule has 0 heterocycles. The van der Waals surface area contributed by atoms with Gasteiger partial charge in [-0.3, -0.25) is 4.84 Å². The summed E-state index contributed by atoms with van der Waals surface area (Å²) in [7, 11) is 0. The fourth-order valence-electron chi connectivity index (χ4n) is 1.53. The summed E-state index contributed by atoms with van der Waals surface area (Å²) in [5.41, 5.74) is 2.27. The van der Waals surface area contributed by atoms with Crippen molar-refractivity contribution in [3.8, 4) is 0 Å². The lowest BCUT2D eigenvalue weighted by atomic mass is 10.2. The van der Waals surface area contributed by atoms with Gasteiger partial charge < -0.3 is 5.32 Å². The molecule has 0 saturated carbocycles. The monoisotopic (exact) mass is 312 g/mol. The van der Waals surface area contributed by atoms with Gasteiger partial charge in [-0.2, -0.15) is 0 Å². The molecule has 0 radical (unpaired) electrons. The standard InChI is InChI=1S/C14H11ClF2N2O2/c15-9-4-6-10(7-5-9)18-14(20)19-21-8-11-12(16)2-1-3-13(11)17/h1-7H,8H2,(H2,18,19,20). The lowest BCUT2D eigenvalue weighted by Crippen LogP contribution is -2.29. The minimum atomic E-state index is -0.741. The maximum atomic E-state index is 13.3. The van der Waals surface area contributed by atoms with E-state index in [0.29, 0.717) is 10.7 Å². The third-order valence-electron chi connectivity index (χ3n) is 2.55. The summed E-state index contributed by atoms with van der Waals surface area (Å²) >= 11 is 5.71. The van der Waals surface area contributed by atoms with Crippen LogP contribution in [0.25, 0.3) is 0 Å². The zero-order chi connectivity index (χ0) is 15.2. The molecule has 4 nitrogen and oxygen atoms in total. The zero-order valence-electron chi connectivity index (χ0n) is 10.7. The van der Waals surface area contributed by atoms with Crippen LogP contribution >= 0.6 is 11.6 Å². The molecule has 0 fully saturated rings. The molecular weight excluding hydrogens is 302 g/mol. The van der Waals surface area contributed by atoms with Crippen LogP contribution in [0.4, 0.5) is 19.3 Å². The first kappa shape index (κ1) is 15.2. The molecule has 0 saturated heterocycles. The summed E-state index contributed by atoms with van der Waals surface area (Å²) in [6.45, 7) is -0.424. The predicted molar refractivity (Wildman–Crippen MR) is 74.8 cm³/mol. The maximum Gasteiger partial charge on any atom is 0.343 e. The first-order valence-corrected chi connectivity index (χ1v) is 6.31. The van der Waals surface area contributed by atoms with Gasteiger partial charge in [0.15, 0.2) is 0 Å². The molecule has 7 heteroatoms. The average Bonchev–Trinajstić information content (AvgIpc) is 2.45. The quantitative estimate of drug-likeness (QED) is 0.842. The summed E-state index contributed by atoms with van der Waals surface area (Å²) in [5.74, 6) is -1.48. The number of urea groups is 1. The molecule has 2 aromatic rings. The molecule has 2 aromatic carbocycles. The van der Waals surface area contributed by atoms with Gasteiger partial charge in [0.25, 0.3) is 0 Å². The van der Waals surface area contributed by atoms with Crippen LogP contribution in [0.5, 0.6) is 0 Å². The summed E-state index contributed by atoms with van der Waals surface area (Å²) in [6, 6.07) is 9.19. The van der Waals surface area contributed by atoms with Crippen LogP contribution in [0.2, 0.25) is 5.02 Å². The summed E-state index contributed by atoms with van der Waals surface area (Å²) in [5, 5.41) is 3.00. The Bertz CT molecular complexity index is 615. The summed E-state index contributed by atoms with van der Waals surface area (Å²) < 4.78 is 26.6. The highest BCUT2D eigenvalue weighted by atomic mass is 35.5. The second-order valence-corrected chi connectivity index (χ2v) is 4.49. The first-order chi connectivity index (χ1) is 10.1. The van der Waals surface area contributed by atoms with E-state index in [1.54, 1.807) is 24.3 Å². The molecule has 0 aliphatic heterocycles. The van der Waals surface area contributed by atoms with E-state index in [9.17, 15) is 13.6 Å². The number of carbonyl (C=O) groups is 1. The third-order valence-corrected chi connectivity index (χ3v) is 2.80. The Hall–Kier alpha value is -2.18. The first-order valence-electron chi connectivity index (χ1n) is 5.93. The number of hydrogen-bond donors (Lipinski definition) is 2. The Labute approximate surface area is 124 Å². The van der Waals surface area contributed by atoms with Crippen molar-refractivity contribution in [1.29, 1.82) is 0 Å². The average molecular weight is 313 g/mol. The number of hydrogen-bond acceptors (Lipinski definition) is 2. The van der Waals surface area contributed by atoms with Crippen LogP contribution in [-0.4, -0.2) is 6.03 Å². The van der Waals surface area contributed by atoms with E-state index in [1.807, 2.05) is 5.48 Å². The Morgan fingerprint density at radius 3 is 2.33 bits per heavy atom. The van der Waals surface area contributed by atoms with Crippen LogP contribution in [0, 0.1) is 11.6 Å². The third kappa shape index (κ3) is 4.40. The van der Waals surface area contributed by atoms with E-state index in [4.69, 9.17) is 16.4 Å². The molecule has 0 aliphatic carbocycles. The van der Waals surface area contributed by atoms with E-state index < -0.39 is 24.3 Å². The molecule has 2 rings (SSSR count). The molecule has 0 spiro atoms. The Morgan fingerprint density at radius 2 is 1.71 bits per heavy atom. The number of amides is 2. The predicted octanol–water partition coefficient (Wildman–Crippen LogP) is 3.87. The summed E-state index contributed by atoms with van der Waals surface area (Å²) in [6.07, 6.45) is 0. The van der Waals surface area contributed by atoms with Crippen molar-refractivity contribution in [1.82, 2.24) is 5.48 Å². The van der Waals surface area contributed by atoms with Crippen LogP contribution in [0.15, 0.2) is 42.5 Å². The van der Waals surface area contributed by atoms with E-state index in [0.717, 1.165) is 12.1 Å². The topological polar surface area (TPSA) is 50.4 Å². The van der Waals surface area contributed by atoms with E-state index in [2.05, 4.69) is 5.32 Å². The molecule has 0 atom stereocenters. The van der Waals surface area contributed by atoms with E-state index >= 15 is 0 Å². The number of anilines is 1. The van der Waals surface area contributed by atoms with Crippen molar-refractivity contribution >= 4 is 23.3 Å². The number of carbonyl (C=O) groups excluding carboxylic acids is 1. The normalized spacial score (nSPS) is 10.2. The highest BCUT2D eigenvalue weighted by Crippen LogP contribution is 2.14. The smallest absolute Gasteiger partial charge is 0.306 e. The van der Waals surface area contributed by atoms with Gasteiger partial charge in [0, 0.05) is 10.7 Å². The number of rotatable bonds is 4. The number of halogens is 3. The lowest BCUT2D eigenvalue weighted by molar-refractivity contribution is 0.0501. The molecule has 0 aliphatic rings. The molecule has 0 aromatic heterocycles. The van der Waals surface area contributed by atoms with E-state index in [1.165, 1.54) is 6.07 Å². The Kier molecular flexibility index (Phi) is 5.08. The second-order valence-electron chi connectivity index (χ2n) is 4.05. The zero-order valence-corrected chi connectivity index (χ0v) is 11.5. The van der Waals surface area contributed by atoms with Gasteiger partial charge in [-0.1, -0.05) is 17.7 Å². The highest BCUT2D eigenvalue weighted by Gasteiger charge is 2.09. The molecule has 2 amide bonds. The molecular formula is C14H11ClF2N2O2. The van der Waals surface area contributed by atoms with Gasteiger partial charge in [-0.25, -0.2) is 19.1 Å². The van der Waals surface area contributed by atoms with Crippen molar-refractivity contribution in [3.05, 3.63) is 64.7 Å². The fraction of sp³-hybridized carbons (Fsp3) is 0.0714. The maximum absolute atomic E-state index is 13.3. The molecule has 2 N–H and O–H groups in total. The van der Waals surface area contributed by atoms with E-state index in [-0.39, 0.29) is 5.56 Å². The molecule has 0 bridgehead atoms. The Balaban J connectivity index is 1.83. The van der Waals surface area contributed by atoms with Crippen molar-refractivity contribution in [2.75, 3.05) is 5.32 Å². The fourth-order valence-corrected chi connectivity index (χ4v) is 1.66. The summed E-state index contributed by atoms with van der Waals surface area (Å²) in [4.78, 5) is 16.3. The molecule has 110 valence electrons. The van der Waals surface area contributed by atoms with Crippen molar-refractivity contribution < 1.29 is 18.4 Å². The van der Waals surface area contributed by atoms with Crippen LogP contribution in [-0.2, 0) is 11.4 Å². The SMILES string of the molecule is O=C(NOCc1c(F)cccc1F)Nc1ccc(Cl)cc1. The largest absolute Gasteiger partial charge is 0.343 e. The van der Waals surface area contributed by atoms with Crippen LogP contribution < -0.4 is 10.8 Å². The van der Waals surface area contributed by atoms with Gasteiger partial charge in [0.1, 0.15) is 18.2 Å². The van der Waals surface area contributed by atoms with Crippen molar-refractivity contribution in [3.63, 3.8) is 0 Å². The highest BCUT2D eigenvalue weighted by molar-refractivity contribution is 6.30. The molecule has 21 heavy (non-hydrogen) atoms. The minimum absolute atomic E-state index is 0.260. The minimum Gasteiger partial charge on any atom is -0.306 e. The number of nitrogens with one attached hydrogen (secondary N) is 2. The van der Waals surface area contributed by atoms with Crippen molar-refractivity contribution in [2.24, 2.45) is 0 Å². The van der Waals surface area contributed by atoms with Gasteiger partial charge >= 0.3 is 6.03 Å². The number of hydroxylamine groups is 1. The molecule has 0 unspecified atom stereocenters. The van der Waals surface area contributed by atoms with Crippen LogP contribution in [0.3, 0.4) is 0 Å². The van der Waals surface area contributed by atoms with Gasteiger partial charge in [-0.05, 0) is 36.4 Å². The van der Waals surface area contributed by atoms with Gasteiger partial charge in [0.05, 0.1) is 5.56 Å². The number of benzene rings is 2. The van der Waals surface area contributed by atoms with Gasteiger partial charge in [-0.15, -0.1) is 0 Å². The van der Waals surface area contributed by atoms with Crippen molar-refractivity contribution in [2.45, 2.75) is 6.61 Å². The Morgan fingerprint density at radius 1 is 1.10 bits per heavy atom. The van der Waals surface area contributed by atoms with Gasteiger partial charge in [0.2, 0.25) is 0 Å². The second kappa shape index (κ2) is 7.01. The van der Waals surface area contributed by atoms with Crippen LogP contribution in [0.1, 0.15) is 5.56 Å².